The molecule has 0 bridgehead atoms. The summed E-state index contributed by atoms with van der Waals surface area (Å²) < 4.78 is 0. The summed E-state index contributed by atoms with van der Waals surface area (Å²) in [4.78, 5) is 11.5. The molecule has 18 heavy (non-hydrogen) atoms. The molecule has 0 radical (unpaired) electrons. The maximum Gasteiger partial charge on any atom is 0.221 e. The van der Waals surface area contributed by atoms with Crippen LogP contribution in [0.25, 0.3) is 0 Å². The van der Waals surface area contributed by atoms with Gasteiger partial charge >= 0.3 is 0 Å². The lowest BCUT2D eigenvalue weighted by Crippen LogP contribution is -2.43. The van der Waals surface area contributed by atoms with E-state index in [1.807, 2.05) is 0 Å². The van der Waals surface area contributed by atoms with E-state index >= 15 is 0 Å². The molecule has 102 valence electrons. The molecule has 0 unspecified atom stereocenters. The van der Waals surface area contributed by atoms with Crippen molar-refractivity contribution in [3.05, 3.63) is 0 Å². The van der Waals surface area contributed by atoms with Crippen molar-refractivity contribution in [2.45, 2.75) is 63.5 Å². The molecule has 2 aliphatic carbocycles. The third kappa shape index (κ3) is 5.21. The van der Waals surface area contributed by atoms with Gasteiger partial charge in [-0.15, -0.1) is 0 Å². The van der Waals surface area contributed by atoms with Crippen LogP contribution in [0.5, 0.6) is 0 Å². The van der Waals surface area contributed by atoms with E-state index in [-0.39, 0.29) is 5.91 Å². The van der Waals surface area contributed by atoms with E-state index in [0.29, 0.717) is 30.2 Å². The summed E-state index contributed by atoms with van der Waals surface area (Å²) in [6.45, 7) is 0.622. The second kappa shape index (κ2) is 6.92. The van der Waals surface area contributed by atoms with Crippen molar-refractivity contribution < 1.29 is 4.79 Å². The lowest BCUT2D eigenvalue weighted by Gasteiger charge is -2.24. The Morgan fingerprint density at radius 2 is 1.67 bits per heavy atom. The van der Waals surface area contributed by atoms with Crippen LogP contribution in [0.1, 0.15) is 51.4 Å². The standard InChI is InChI=1S/C13H23N3OS/c17-12(15-11-6-7-11)8-9-14-13(18)16-10-4-2-1-3-5-10/h10-11H,1-9H2,(H,15,17)(H2,14,16,18). The highest BCUT2D eigenvalue weighted by atomic mass is 32.1. The molecule has 2 saturated carbocycles. The van der Waals surface area contributed by atoms with Crippen molar-refractivity contribution in [1.82, 2.24) is 16.0 Å². The van der Waals surface area contributed by atoms with Crippen LogP contribution in [0.15, 0.2) is 0 Å². The Bertz CT molecular complexity index is 299. The minimum atomic E-state index is 0.130. The third-order valence-electron chi connectivity index (χ3n) is 3.52. The maximum atomic E-state index is 11.5. The Morgan fingerprint density at radius 3 is 2.33 bits per heavy atom. The fourth-order valence-corrected chi connectivity index (χ4v) is 2.57. The topological polar surface area (TPSA) is 53.2 Å². The van der Waals surface area contributed by atoms with Gasteiger partial charge < -0.3 is 16.0 Å². The highest BCUT2D eigenvalue weighted by Crippen LogP contribution is 2.18. The van der Waals surface area contributed by atoms with E-state index in [4.69, 9.17) is 12.2 Å². The monoisotopic (exact) mass is 269 g/mol. The van der Waals surface area contributed by atoms with Crippen molar-refractivity contribution in [2.24, 2.45) is 0 Å². The summed E-state index contributed by atoms with van der Waals surface area (Å²) in [5.41, 5.74) is 0. The molecule has 0 spiro atoms. The van der Waals surface area contributed by atoms with Gasteiger partial charge in [-0.25, -0.2) is 0 Å². The molecule has 3 N–H and O–H groups in total. The van der Waals surface area contributed by atoms with Crippen LogP contribution in [-0.4, -0.2) is 29.6 Å². The van der Waals surface area contributed by atoms with Crippen molar-refractivity contribution in [3.8, 4) is 0 Å². The first-order valence-electron chi connectivity index (χ1n) is 7.08. The molecule has 0 aromatic carbocycles. The van der Waals surface area contributed by atoms with Gasteiger partial charge in [0.15, 0.2) is 5.11 Å². The van der Waals surface area contributed by atoms with Crippen LogP contribution in [0.3, 0.4) is 0 Å². The Morgan fingerprint density at radius 1 is 1.00 bits per heavy atom. The molecule has 5 heteroatoms. The molecule has 0 aliphatic heterocycles. The van der Waals surface area contributed by atoms with Gasteiger partial charge in [0.25, 0.3) is 0 Å². The number of hydrogen-bond donors (Lipinski definition) is 3. The van der Waals surface area contributed by atoms with Gasteiger partial charge in [0.1, 0.15) is 0 Å². The number of carbonyl (C=O) groups is 1. The van der Waals surface area contributed by atoms with Gasteiger partial charge in [-0.3, -0.25) is 4.79 Å². The normalized spacial score (nSPS) is 20.2. The van der Waals surface area contributed by atoms with Crippen LogP contribution in [0.4, 0.5) is 0 Å². The van der Waals surface area contributed by atoms with Gasteiger partial charge in [0.05, 0.1) is 0 Å². The highest BCUT2D eigenvalue weighted by molar-refractivity contribution is 7.80. The smallest absolute Gasteiger partial charge is 0.221 e. The van der Waals surface area contributed by atoms with E-state index in [0.717, 1.165) is 12.8 Å². The highest BCUT2D eigenvalue weighted by Gasteiger charge is 2.22. The number of amides is 1. The molecule has 0 heterocycles. The molecule has 1 amide bonds. The van der Waals surface area contributed by atoms with Crippen LogP contribution < -0.4 is 16.0 Å². The van der Waals surface area contributed by atoms with E-state index in [1.165, 1.54) is 32.1 Å². The van der Waals surface area contributed by atoms with E-state index in [1.54, 1.807) is 0 Å². The number of carbonyl (C=O) groups excluding carboxylic acids is 1. The van der Waals surface area contributed by atoms with Gasteiger partial charge in [-0.2, -0.15) is 0 Å². The van der Waals surface area contributed by atoms with E-state index in [9.17, 15) is 4.79 Å². The van der Waals surface area contributed by atoms with E-state index < -0.39 is 0 Å². The second-order valence-corrected chi connectivity index (χ2v) is 5.74. The molecule has 0 aromatic rings. The Hall–Kier alpha value is -0.840. The molecule has 2 fully saturated rings. The first-order valence-corrected chi connectivity index (χ1v) is 7.48. The van der Waals surface area contributed by atoms with Gasteiger partial charge in [-0.05, 0) is 37.9 Å². The van der Waals surface area contributed by atoms with Gasteiger partial charge in [0, 0.05) is 25.0 Å². The van der Waals surface area contributed by atoms with Gasteiger partial charge in [0.2, 0.25) is 5.91 Å². The van der Waals surface area contributed by atoms with Crippen LogP contribution in [0, 0.1) is 0 Å². The average Bonchev–Trinajstić information content (AvgIpc) is 3.14. The van der Waals surface area contributed by atoms with Crippen LogP contribution in [-0.2, 0) is 4.79 Å². The fraction of sp³-hybridized carbons (Fsp3) is 0.846. The second-order valence-electron chi connectivity index (χ2n) is 5.33. The zero-order valence-electron chi connectivity index (χ0n) is 10.8. The quantitative estimate of drug-likeness (QED) is 0.661. The zero-order chi connectivity index (χ0) is 12.8. The summed E-state index contributed by atoms with van der Waals surface area (Å²) in [5, 5.41) is 10.1. The largest absolute Gasteiger partial charge is 0.362 e. The number of rotatable bonds is 5. The lowest BCUT2D eigenvalue weighted by atomic mass is 9.96. The lowest BCUT2D eigenvalue weighted by molar-refractivity contribution is -0.121. The minimum Gasteiger partial charge on any atom is -0.362 e. The average molecular weight is 269 g/mol. The fourth-order valence-electron chi connectivity index (χ4n) is 2.30. The molecule has 0 aromatic heterocycles. The summed E-state index contributed by atoms with van der Waals surface area (Å²) in [7, 11) is 0. The Labute approximate surface area is 114 Å². The summed E-state index contributed by atoms with van der Waals surface area (Å²) in [5.74, 6) is 0.130. The predicted molar refractivity (Wildman–Crippen MR) is 76.4 cm³/mol. The molecule has 2 rings (SSSR count). The van der Waals surface area contributed by atoms with Crippen molar-refractivity contribution in [1.29, 1.82) is 0 Å². The third-order valence-corrected chi connectivity index (χ3v) is 3.78. The molecular weight excluding hydrogens is 246 g/mol. The van der Waals surface area contributed by atoms with Gasteiger partial charge in [-0.1, -0.05) is 19.3 Å². The van der Waals surface area contributed by atoms with E-state index in [2.05, 4.69) is 16.0 Å². The SMILES string of the molecule is O=C(CCNC(=S)NC1CCCCC1)NC1CC1. The first kappa shape index (κ1) is 13.6. The Balaban J connectivity index is 1.52. The van der Waals surface area contributed by atoms with Crippen molar-refractivity contribution in [2.75, 3.05) is 6.54 Å². The van der Waals surface area contributed by atoms with Crippen molar-refractivity contribution in [3.63, 3.8) is 0 Å². The summed E-state index contributed by atoms with van der Waals surface area (Å²) in [6, 6.07) is 0.976. The number of hydrogen-bond acceptors (Lipinski definition) is 2. The molecule has 0 atom stereocenters. The maximum absolute atomic E-state index is 11.5. The molecular formula is C13H23N3OS. The van der Waals surface area contributed by atoms with Crippen LogP contribution in [0.2, 0.25) is 0 Å². The zero-order valence-corrected chi connectivity index (χ0v) is 11.7. The summed E-state index contributed by atoms with van der Waals surface area (Å²) >= 11 is 5.23. The molecule has 4 nitrogen and oxygen atoms in total. The van der Waals surface area contributed by atoms with Crippen molar-refractivity contribution >= 4 is 23.2 Å². The first-order chi connectivity index (χ1) is 8.74. The summed E-state index contributed by atoms with van der Waals surface area (Å²) in [6.07, 6.45) is 9.15. The number of nitrogens with one attached hydrogen (secondary N) is 3. The number of thiocarbonyl (C=S) groups is 1. The molecule has 2 aliphatic rings. The molecule has 0 saturated heterocycles. The Kier molecular flexibility index (Phi) is 5.23. The minimum absolute atomic E-state index is 0.130. The predicted octanol–water partition coefficient (Wildman–Crippen LogP) is 1.45. The van der Waals surface area contributed by atoms with Crippen LogP contribution >= 0.6 is 12.2 Å².